The maximum absolute atomic E-state index is 13.9. The van der Waals surface area contributed by atoms with E-state index in [1.165, 1.54) is 12.8 Å². The second-order valence-corrected chi connectivity index (χ2v) is 15.5. The molecule has 0 saturated heterocycles. The number of hydrogen-bond acceptors (Lipinski definition) is 6. The molecule has 4 aromatic carbocycles. The maximum Gasteiger partial charge on any atom is 0.194 e. The molecule has 6 heteroatoms. The Hall–Kier alpha value is -6.86. The van der Waals surface area contributed by atoms with Gasteiger partial charge in [-0.2, -0.15) is 21.0 Å². The average Bonchev–Trinajstić information content (AvgIpc) is 3.81. The summed E-state index contributed by atoms with van der Waals surface area (Å²) in [6.07, 6.45) is 12.6. The molecule has 0 N–H and O–H groups in total. The number of Topliss-reactive ketones (excluding diaryl/α,β-unsaturated/α-hetero) is 2. The van der Waals surface area contributed by atoms with Gasteiger partial charge in [0.15, 0.2) is 11.6 Å². The zero-order chi connectivity index (χ0) is 40.9. The summed E-state index contributed by atoms with van der Waals surface area (Å²) in [5.41, 5.74) is 9.59. The lowest BCUT2D eigenvalue weighted by Gasteiger charge is -2.30. The predicted molar refractivity (Wildman–Crippen MR) is 228 cm³/mol. The number of unbranched alkanes of at least 4 members (excludes halogenated alkanes) is 2. The van der Waals surface area contributed by atoms with Gasteiger partial charge >= 0.3 is 0 Å². The van der Waals surface area contributed by atoms with Crippen LogP contribution in [0.2, 0.25) is 0 Å². The largest absolute Gasteiger partial charge is 0.289 e. The van der Waals surface area contributed by atoms with Gasteiger partial charge in [0, 0.05) is 39.3 Å². The van der Waals surface area contributed by atoms with Crippen molar-refractivity contribution in [2.45, 2.75) is 78.1 Å². The molecular weight excluding hydrogens is 713 g/mol. The summed E-state index contributed by atoms with van der Waals surface area (Å²) in [5, 5.41) is 39.7. The van der Waals surface area contributed by atoms with Crippen molar-refractivity contribution in [1.82, 2.24) is 0 Å². The Morgan fingerprint density at radius 1 is 0.569 bits per heavy atom. The van der Waals surface area contributed by atoms with E-state index in [9.17, 15) is 30.6 Å². The van der Waals surface area contributed by atoms with Gasteiger partial charge in [0.2, 0.25) is 0 Å². The molecule has 3 aliphatic carbocycles. The summed E-state index contributed by atoms with van der Waals surface area (Å²) in [4.78, 5) is 27.7. The summed E-state index contributed by atoms with van der Waals surface area (Å²) < 4.78 is 0. The molecule has 7 rings (SSSR count). The fourth-order valence-electron chi connectivity index (χ4n) is 9.41. The molecule has 58 heavy (non-hydrogen) atoms. The highest BCUT2D eigenvalue weighted by molar-refractivity contribution is 6.30. The van der Waals surface area contributed by atoms with E-state index in [1.54, 1.807) is 36.4 Å². The molecule has 284 valence electrons. The van der Waals surface area contributed by atoms with Gasteiger partial charge in [-0.25, -0.2) is 0 Å². The number of carbonyl (C=O) groups is 2. The molecule has 3 aliphatic rings. The molecule has 0 saturated carbocycles. The first-order valence-corrected chi connectivity index (χ1v) is 20.4. The molecule has 2 atom stereocenters. The first kappa shape index (κ1) is 39.4. The number of fused-ring (bicyclic) bond motifs is 5. The van der Waals surface area contributed by atoms with E-state index >= 15 is 0 Å². The predicted octanol–water partition coefficient (Wildman–Crippen LogP) is 12.4. The highest BCUT2D eigenvalue weighted by Gasteiger charge is 2.36. The number of hydrogen-bond donors (Lipinski definition) is 0. The average molecular weight is 757 g/mol. The Morgan fingerprint density at radius 3 is 1.38 bits per heavy atom. The van der Waals surface area contributed by atoms with Crippen LogP contribution in [0.4, 0.5) is 0 Å². The summed E-state index contributed by atoms with van der Waals surface area (Å²) in [6, 6.07) is 34.9. The van der Waals surface area contributed by atoms with Crippen molar-refractivity contribution in [3.05, 3.63) is 152 Å². The minimum atomic E-state index is -0.207. The molecule has 0 aliphatic heterocycles. The van der Waals surface area contributed by atoms with Crippen molar-refractivity contribution in [3.63, 3.8) is 0 Å². The van der Waals surface area contributed by atoms with E-state index in [-0.39, 0.29) is 28.6 Å². The van der Waals surface area contributed by atoms with Crippen LogP contribution >= 0.6 is 0 Å². The second-order valence-electron chi connectivity index (χ2n) is 15.5. The molecule has 0 radical (unpaired) electrons. The molecule has 0 bridgehead atoms. The Kier molecular flexibility index (Phi) is 11.6. The molecule has 0 heterocycles. The minimum absolute atomic E-state index is 0.0276. The molecule has 0 aromatic heterocycles. The topological polar surface area (TPSA) is 129 Å². The van der Waals surface area contributed by atoms with Crippen LogP contribution in [0, 0.1) is 57.2 Å². The van der Waals surface area contributed by atoms with E-state index in [1.807, 2.05) is 60.7 Å². The van der Waals surface area contributed by atoms with Crippen molar-refractivity contribution < 1.29 is 9.59 Å². The van der Waals surface area contributed by atoms with Crippen LogP contribution in [0.15, 0.2) is 107 Å². The lowest BCUT2D eigenvalue weighted by atomic mass is 9.75. The zero-order valence-corrected chi connectivity index (χ0v) is 33.2. The smallest absolute Gasteiger partial charge is 0.194 e. The monoisotopic (exact) mass is 756 g/mol. The first-order chi connectivity index (χ1) is 28.3. The molecule has 0 amide bonds. The standard InChI is InChI=1S/C52H44N4O2/c1-4-7-13-34(6-3)35(14-8-5-2)27-46-44-23-32(25-47-49(36(28-53)29-54)40-15-9-11-17-42(40)51(47)57)19-21-38(44)39-22-20-33(24-45(39)46)26-48-50(37(30-55)31-56)41-16-10-12-18-43(41)52(48)58/h9-12,15-26,34-35,46H,4-8,13-14,27H2,1-3H3/b47-25-,48-26-. The molecule has 6 nitrogen and oxygen atoms in total. The van der Waals surface area contributed by atoms with E-state index in [4.69, 9.17) is 0 Å². The highest BCUT2D eigenvalue weighted by atomic mass is 16.1. The molecule has 2 unspecified atom stereocenters. The van der Waals surface area contributed by atoms with Gasteiger partial charge in [-0.15, -0.1) is 0 Å². The van der Waals surface area contributed by atoms with Crippen molar-refractivity contribution in [2.24, 2.45) is 11.8 Å². The lowest BCUT2D eigenvalue weighted by Crippen LogP contribution is -2.18. The van der Waals surface area contributed by atoms with Crippen LogP contribution in [-0.2, 0) is 0 Å². The number of allylic oxidation sites excluding steroid dienone is 6. The number of ketones is 2. The minimum Gasteiger partial charge on any atom is -0.289 e. The van der Waals surface area contributed by atoms with Gasteiger partial charge < -0.3 is 0 Å². The third-order valence-electron chi connectivity index (χ3n) is 12.3. The quantitative estimate of drug-likeness (QED) is 0.104. The van der Waals surface area contributed by atoms with Crippen LogP contribution in [0.25, 0.3) is 34.4 Å². The fraction of sp³-hybridized carbons (Fsp3) is 0.269. The molecule has 4 aromatic rings. The highest BCUT2D eigenvalue weighted by Crippen LogP contribution is 2.51. The summed E-state index contributed by atoms with van der Waals surface area (Å²) in [5.74, 6) is 0.666. The molecular formula is C52H44N4O2. The van der Waals surface area contributed by atoms with Gasteiger partial charge in [0.25, 0.3) is 0 Å². The number of benzene rings is 4. The summed E-state index contributed by atoms with van der Waals surface area (Å²) in [7, 11) is 0. The number of nitrogens with zero attached hydrogens (tertiary/aromatic N) is 4. The number of nitriles is 4. The normalized spacial score (nSPS) is 16.2. The van der Waals surface area contributed by atoms with Gasteiger partial charge in [-0.05, 0) is 74.9 Å². The molecule has 0 spiro atoms. The fourth-order valence-corrected chi connectivity index (χ4v) is 9.41. The Balaban J connectivity index is 1.37. The second kappa shape index (κ2) is 17.1. The van der Waals surface area contributed by atoms with Gasteiger partial charge in [0.05, 0.1) is 0 Å². The SMILES string of the molecule is CCCCC(CC)C(CCCC)CC1c2cc(/C=C3\C(=O)c4ccccc4C3=C(C#N)C#N)ccc2-c2ccc(/C=C3\C(=O)c4ccccc4C3=C(C#N)C#N)cc21. The van der Waals surface area contributed by atoms with Gasteiger partial charge in [-0.3, -0.25) is 9.59 Å². The van der Waals surface area contributed by atoms with Crippen LogP contribution in [0.3, 0.4) is 0 Å². The van der Waals surface area contributed by atoms with E-state index in [2.05, 4.69) is 45.0 Å². The van der Waals surface area contributed by atoms with E-state index < -0.39 is 0 Å². The van der Waals surface area contributed by atoms with E-state index in [0.717, 1.165) is 71.9 Å². The summed E-state index contributed by atoms with van der Waals surface area (Å²) in [6.45, 7) is 6.80. The summed E-state index contributed by atoms with van der Waals surface area (Å²) >= 11 is 0. The number of carbonyl (C=O) groups excluding carboxylic acids is 2. The van der Waals surface area contributed by atoms with Gasteiger partial charge in [-0.1, -0.05) is 151 Å². The first-order valence-electron chi connectivity index (χ1n) is 20.4. The van der Waals surface area contributed by atoms with E-state index in [0.29, 0.717) is 56.4 Å². The third-order valence-corrected chi connectivity index (χ3v) is 12.3. The maximum atomic E-state index is 13.9. The van der Waals surface area contributed by atoms with Gasteiger partial charge in [0.1, 0.15) is 35.4 Å². The Morgan fingerprint density at radius 2 is 0.983 bits per heavy atom. The van der Waals surface area contributed by atoms with Crippen LogP contribution in [-0.4, -0.2) is 11.6 Å². The van der Waals surface area contributed by atoms with Crippen molar-refractivity contribution in [1.29, 1.82) is 21.0 Å². The molecule has 0 fully saturated rings. The Labute approximate surface area is 341 Å². The third kappa shape index (κ3) is 7.05. The van der Waals surface area contributed by atoms with Crippen LogP contribution < -0.4 is 0 Å². The number of rotatable bonds is 12. The lowest BCUT2D eigenvalue weighted by molar-refractivity contribution is 0.103. The van der Waals surface area contributed by atoms with Crippen molar-refractivity contribution in [3.8, 4) is 35.4 Å². The van der Waals surface area contributed by atoms with Crippen LogP contribution in [0.1, 0.15) is 132 Å². The zero-order valence-electron chi connectivity index (χ0n) is 33.2. The van der Waals surface area contributed by atoms with Crippen LogP contribution in [0.5, 0.6) is 0 Å². The van der Waals surface area contributed by atoms with Crippen molar-refractivity contribution in [2.75, 3.05) is 0 Å². The Bertz CT molecular complexity index is 2460. The van der Waals surface area contributed by atoms with Crippen molar-refractivity contribution >= 4 is 34.9 Å².